The van der Waals surface area contributed by atoms with Crippen molar-refractivity contribution >= 4 is 33.8 Å². The van der Waals surface area contributed by atoms with Gasteiger partial charge in [0.25, 0.3) is 5.56 Å². The van der Waals surface area contributed by atoms with Crippen molar-refractivity contribution in [1.29, 1.82) is 0 Å². The zero-order valence-corrected chi connectivity index (χ0v) is 16.1. The molecule has 3 aromatic rings. The first-order chi connectivity index (χ1) is 12.1. The molecule has 132 valence electrons. The number of aromatic amines is 1. The molecule has 0 bridgehead atoms. The van der Waals surface area contributed by atoms with Crippen LogP contribution in [0.4, 0.5) is 0 Å². The summed E-state index contributed by atoms with van der Waals surface area (Å²) in [5, 5.41) is 0.742. The monoisotopic (exact) mass is 374 g/mol. The summed E-state index contributed by atoms with van der Waals surface area (Å²) in [4.78, 5) is 17.9. The van der Waals surface area contributed by atoms with Gasteiger partial charge in [0.15, 0.2) is 4.77 Å². The van der Waals surface area contributed by atoms with Crippen LogP contribution < -0.4 is 10.3 Å². The molecule has 0 aliphatic rings. The van der Waals surface area contributed by atoms with E-state index in [0.29, 0.717) is 17.9 Å². The van der Waals surface area contributed by atoms with Crippen molar-refractivity contribution in [2.75, 3.05) is 6.61 Å². The van der Waals surface area contributed by atoms with Crippen molar-refractivity contribution < 1.29 is 4.74 Å². The van der Waals surface area contributed by atoms with Crippen LogP contribution in [0.3, 0.4) is 0 Å². The van der Waals surface area contributed by atoms with Crippen LogP contribution >= 0.6 is 23.6 Å². The SMILES string of the molecule is CCc1cc2c(=O)n(CCCCOc3ccc(C)cc3)c(=S)[nH]c2s1. The number of aromatic nitrogens is 2. The standard InChI is InChI=1S/C19H22N2O2S2/c1-3-15-12-16-17(25-15)20-19(24)21(18(16)22)10-4-5-11-23-14-8-6-13(2)7-9-14/h6-9,12H,3-5,10-11H2,1-2H3,(H,20,24). The van der Waals surface area contributed by atoms with E-state index in [2.05, 4.69) is 18.8 Å². The average Bonchev–Trinajstić information content (AvgIpc) is 3.02. The molecular weight excluding hydrogens is 352 g/mol. The lowest BCUT2D eigenvalue weighted by atomic mass is 10.2. The number of H-pyrrole nitrogens is 1. The van der Waals surface area contributed by atoms with Gasteiger partial charge in [0, 0.05) is 11.4 Å². The van der Waals surface area contributed by atoms with Gasteiger partial charge >= 0.3 is 0 Å². The molecule has 4 nitrogen and oxygen atoms in total. The third kappa shape index (κ3) is 4.19. The maximum Gasteiger partial charge on any atom is 0.263 e. The van der Waals surface area contributed by atoms with E-state index in [-0.39, 0.29) is 5.56 Å². The predicted molar refractivity (Wildman–Crippen MR) is 107 cm³/mol. The Morgan fingerprint density at radius 2 is 2.00 bits per heavy atom. The zero-order valence-electron chi connectivity index (χ0n) is 14.5. The lowest BCUT2D eigenvalue weighted by Gasteiger charge is -2.08. The van der Waals surface area contributed by atoms with Crippen molar-refractivity contribution in [3.8, 4) is 5.75 Å². The predicted octanol–water partition coefficient (Wildman–Crippen LogP) is 4.85. The summed E-state index contributed by atoms with van der Waals surface area (Å²) in [6.45, 7) is 5.39. The second-order valence-corrected chi connectivity index (χ2v) is 7.59. The van der Waals surface area contributed by atoms with E-state index in [1.807, 2.05) is 30.3 Å². The molecule has 0 saturated heterocycles. The second kappa shape index (κ2) is 7.97. The lowest BCUT2D eigenvalue weighted by Crippen LogP contribution is -2.21. The Kier molecular flexibility index (Phi) is 5.71. The smallest absolute Gasteiger partial charge is 0.263 e. The Hall–Kier alpha value is -1.92. The van der Waals surface area contributed by atoms with Crippen LogP contribution in [-0.4, -0.2) is 16.2 Å². The molecule has 0 atom stereocenters. The minimum absolute atomic E-state index is 0.00847. The van der Waals surface area contributed by atoms with E-state index in [1.54, 1.807) is 15.9 Å². The van der Waals surface area contributed by atoms with Gasteiger partial charge in [0.2, 0.25) is 0 Å². The number of aryl methyl sites for hydroxylation is 2. The summed E-state index contributed by atoms with van der Waals surface area (Å²) in [6.07, 6.45) is 2.65. The Balaban J connectivity index is 1.60. The number of fused-ring (bicyclic) bond motifs is 1. The molecule has 25 heavy (non-hydrogen) atoms. The number of nitrogens with one attached hydrogen (secondary N) is 1. The topological polar surface area (TPSA) is 47.0 Å². The normalized spacial score (nSPS) is 11.1. The highest BCUT2D eigenvalue weighted by atomic mass is 32.1. The second-order valence-electron chi connectivity index (χ2n) is 6.06. The number of benzene rings is 1. The molecule has 2 heterocycles. The van der Waals surface area contributed by atoms with Gasteiger partial charge in [0.05, 0.1) is 12.0 Å². The van der Waals surface area contributed by atoms with E-state index in [9.17, 15) is 4.79 Å². The first-order valence-corrected chi connectivity index (χ1v) is 9.76. The van der Waals surface area contributed by atoms with Crippen molar-refractivity contribution in [2.45, 2.75) is 39.7 Å². The van der Waals surface area contributed by atoms with Gasteiger partial charge in [-0.15, -0.1) is 11.3 Å². The minimum atomic E-state index is 0.00847. The van der Waals surface area contributed by atoms with Crippen LogP contribution in [0.1, 0.15) is 30.2 Å². The van der Waals surface area contributed by atoms with E-state index in [4.69, 9.17) is 17.0 Å². The van der Waals surface area contributed by atoms with Gasteiger partial charge in [-0.3, -0.25) is 9.36 Å². The first kappa shape index (κ1) is 17.9. The van der Waals surface area contributed by atoms with Crippen LogP contribution in [0.25, 0.3) is 10.2 Å². The fourth-order valence-corrected chi connectivity index (χ4v) is 4.00. The summed E-state index contributed by atoms with van der Waals surface area (Å²) >= 11 is 6.97. The highest BCUT2D eigenvalue weighted by Crippen LogP contribution is 2.21. The molecule has 2 aromatic heterocycles. The molecule has 0 aliphatic carbocycles. The summed E-state index contributed by atoms with van der Waals surface area (Å²) in [5.41, 5.74) is 1.23. The molecule has 0 aliphatic heterocycles. The fourth-order valence-electron chi connectivity index (χ4n) is 2.67. The Morgan fingerprint density at radius 3 is 2.72 bits per heavy atom. The van der Waals surface area contributed by atoms with E-state index in [0.717, 1.165) is 35.2 Å². The number of nitrogens with zero attached hydrogens (tertiary/aromatic N) is 1. The van der Waals surface area contributed by atoms with Gasteiger partial charge in [-0.05, 0) is 56.6 Å². The van der Waals surface area contributed by atoms with Crippen molar-refractivity contribution in [2.24, 2.45) is 0 Å². The van der Waals surface area contributed by atoms with Crippen LogP contribution in [0, 0.1) is 11.7 Å². The molecule has 1 N–H and O–H groups in total. The molecular formula is C19H22N2O2S2. The van der Waals surface area contributed by atoms with Gasteiger partial charge in [-0.25, -0.2) is 0 Å². The molecule has 6 heteroatoms. The third-order valence-electron chi connectivity index (χ3n) is 4.14. The van der Waals surface area contributed by atoms with Crippen LogP contribution in [0.2, 0.25) is 0 Å². The molecule has 0 saturated carbocycles. The van der Waals surface area contributed by atoms with Gasteiger partial charge in [-0.1, -0.05) is 24.6 Å². The van der Waals surface area contributed by atoms with E-state index >= 15 is 0 Å². The number of rotatable bonds is 7. The minimum Gasteiger partial charge on any atom is -0.494 e. The van der Waals surface area contributed by atoms with Crippen LogP contribution in [0.15, 0.2) is 35.1 Å². The molecule has 0 amide bonds. The highest BCUT2D eigenvalue weighted by molar-refractivity contribution is 7.71. The summed E-state index contributed by atoms with van der Waals surface area (Å²) in [6, 6.07) is 10.0. The molecule has 0 fully saturated rings. The van der Waals surface area contributed by atoms with Crippen molar-refractivity contribution in [1.82, 2.24) is 9.55 Å². The van der Waals surface area contributed by atoms with Gasteiger partial charge in [0.1, 0.15) is 10.6 Å². The number of hydrogen-bond donors (Lipinski definition) is 1. The van der Waals surface area contributed by atoms with Crippen molar-refractivity contribution in [3.05, 3.63) is 55.9 Å². The summed E-state index contributed by atoms with van der Waals surface area (Å²) < 4.78 is 7.89. The largest absolute Gasteiger partial charge is 0.494 e. The Bertz CT molecular complexity index is 968. The third-order valence-corrected chi connectivity index (χ3v) is 5.66. The number of thiophene rings is 1. The van der Waals surface area contributed by atoms with E-state index in [1.165, 1.54) is 10.4 Å². The van der Waals surface area contributed by atoms with E-state index < -0.39 is 0 Å². The number of ether oxygens (including phenoxy) is 1. The van der Waals surface area contributed by atoms with Crippen LogP contribution in [0.5, 0.6) is 5.75 Å². The number of hydrogen-bond acceptors (Lipinski definition) is 4. The highest BCUT2D eigenvalue weighted by Gasteiger charge is 2.09. The average molecular weight is 375 g/mol. The maximum absolute atomic E-state index is 12.6. The lowest BCUT2D eigenvalue weighted by molar-refractivity contribution is 0.302. The molecule has 1 aromatic carbocycles. The summed E-state index contributed by atoms with van der Waals surface area (Å²) in [7, 11) is 0. The van der Waals surface area contributed by atoms with Gasteiger partial charge < -0.3 is 9.72 Å². The summed E-state index contributed by atoms with van der Waals surface area (Å²) in [5.74, 6) is 0.881. The van der Waals surface area contributed by atoms with Crippen LogP contribution in [-0.2, 0) is 13.0 Å². The first-order valence-electron chi connectivity index (χ1n) is 8.53. The molecule has 0 unspecified atom stereocenters. The van der Waals surface area contributed by atoms with Gasteiger partial charge in [-0.2, -0.15) is 0 Å². The Labute approximate surface area is 156 Å². The molecule has 0 spiro atoms. The number of unbranched alkanes of at least 4 members (excludes halogenated alkanes) is 1. The fraction of sp³-hybridized carbons (Fsp3) is 0.368. The quantitative estimate of drug-likeness (QED) is 0.475. The maximum atomic E-state index is 12.6. The Morgan fingerprint density at radius 1 is 1.24 bits per heavy atom. The molecule has 0 radical (unpaired) electrons. The molecule has 3 rings (SSSR count). The van der Waals surface area contributed by atoms with Crippen molar-refractivity contribution in [3.63, 3.8) is 0 Å². The zero-order chi connectivity index (χ0) is 17.8.